The fourth-order valence-corrected chi connectivity index (χ4v) is 2.30. The molecule has 1 heterocycles. The van der Waals surface area contributed by atoms with Gasteiger partial charge in [-0.3, -0.25) is 4.79 Å². The normalized spacial score (nSPS) is 11.6. The lowest BCUT2D eigenvalue weighted by molar-refractivity contribution is -0.137. The maximum absolute atomic E-state index is 12.4. The van der Waals surface area contributed by atoms with Crippen LogP contribution < -0.4 is 5.73 Å². The highest BCUT2D eigenvalue weighted by Crippen LogP contribution is 2.33. The number of hydrogen-bond donors (Lipinski definition) is 1. The molecule has 19 heavy (non-hydrogen) atoms. The Morgan fingerprint density at radius 2 is 2.05 bits per heavy atom. The Bertz CT molecular complexity index is 639. The molecule has 2 aromatic rings. The monoisotopic (exact) mass is 306 g/mol. The van der Waals surface area contributed by atoms with Crippen LogP contribution in [-0.2, 0) is 6.18 Å². The average molecular weight is 307 g/mol. The zero-order chi connectivity index (χ0) is 14.2. The van der Waals surface area contributed by atoms with Gasteiger partial charge in [0.2, 0.25) is 5.78 Å². The van der Waals surface area contributed by atoms with Crippen molar-refractivity contribution in [2.24, 2.45) is 0 Å². The topological polar surface area (TPSA) is 56.0 Å². The van der Waals surface area contributed by atoms with Crippen molar-refractivity contribution in [3.05, 3.63) is 44.9 Å². The van der Waals surface area contributed by atoms with Crippen LogP contribution in [0.3, 0.4) is 0 Å². The van der Waals surface area contributed by atoms with Crippen LogP contribution in [0.4, 0.5) is 18.9 Å². The standard InChI is InChI=1S/C11H6ClF3N2OS/c12-5-1-2-6(7(16)3-5)9(18)8-4-17-10(19-8)11(13,14)15/h1-4H,16H2. The number of benzene rings is 1. The molecule has 0 fully saturated rings. The van der Waals surface area contributed by atoms with Gasteiger partial charge in [0.1, 0.15) is 0 Å². The maximum atomic E-state index is 12.4. The van der Waals surface area contributed by atoms with Crippen LogP contribution in [-0.4, -0.2) is 10.8 Å². The number of alkyl halides is 3. The summed E-state index contributed by atoms with van der Waals surface area (Å²) in [5.74, 6) is -0.609. The Balaban J connectivity index is 2.37. The van der Waals surface area contributed by atoms with Crippen LogP contribution in [0.25, 0.3) is 0 Å². The Kier molecular flexibility index (Phi) is 3.51. The SMILES string of the molecule is Nc1cc(Cl)ccc1C(=O)c1cnc(C(F)(F)F)s1. The maximum Gasteiger partial charge on any atom is 0.443 e. The molecule has 100 valence electrons. The van der Waals surface area contributed by atoms with Gasteiger partial charge in [-0.2, -0.15) is 13.2 Å². The van der Waals surface area contributed by atoms with Crippen molar-refractivity contribution in [1.82, 2.24) is 4.98 Å². The zero-order valence-electron chi connectivity index (χ0n) is 9.16. The van der Waals surface area contributed by atoms with E-state index < -0.39 is 17.0 Å². The highest BCUT2D eigenvalue weighted by atomic mass is 35.5. The number of nitrogens with zero attached hydrogens (tertiary/aromatic N) is 1. The molecule has 0 unspecified atom stereocenters. The van der Waals surface area contributed by atoms with Crippen LogP contribution in [0.2, 0.25) is 5.02 Å². The Hall–Kier alpha value is -1.60. The Morgan fingerprint density at radius 3 is 2.58 bits per heavy atom. The van der Waals surface area contributed by atoms with Gasteiger partial charge >= 0.3 is 6.18 Å². The van der Waals surface area contributed by atoms with E-state index in [0.717, 1.165) is 6.20 Å². The van der Waals surface area contributed by atoms with Crippen LogP contribution >= 0.6 is 22.9 Å². The fourth-order valence-electron chi connectivity index (χ4n) is 1.38. The van der Waals surface area contributed by atoms with Crippen molar-refractivity contribution in [3.8, 4) is 0 Å². The van der Waals surface area contributed by atoms with Crippen LogP contribution in [0.15, 0.2) is 24.4 Å². The molecular formula is C11H6ClF3N2OS. The number of carbonyl (C=O) groups excluding carboxylic acids is 1. The highest BCUT2D eigenvalue weighted by Gasteiger charge is 2.35. The quantitative estimate of drug-likeness (QED) is 0.681. The molecular weight excluding hydrogens is 301 g/mol. The number of anilines is 1. The molecule has 0 aliphatic rings. The van der Waals surface area contributed by atoms with Gasteiger partial charge in [0, 0.05) is 22.5 Å². The third kappa shape index (κ3) is 2.87. The molecule has 0 spiro atoms. The van der Waals surface area contributed by atoms with Crippen molar-refractivity contribution < 1.29 is 18.0 Å². The molecule has 3 nitrogen and oxygen atoms in total. The first kappa shape index (κ1) is 13.8. The van der Waals surface area contributed by atoms with Crippen molar-refractivity contribution in [2.75, 3.05) is 5.73 Å². The first-order chi connectivity index (χ1) is 8.79. The second kappa shape index (κ2) is 4.82. The molecule has 0 amide bonds. The van der Waals surface area contributed by atoms with Crippen molar-refractivity contribution >= 4 is 34.4 Å². The van der Waals surface area contributed by atoms with E-state index in [1.807, 2.05) is 0 Å². The van der Waals surface area contributed by atoms with Gasteiger partial charge in [0.05, 0.1) is 4.88 Å². The molecule has 1 aromatic heterocycles. The lowest BCUT2D eigenvalue weighted by atomic mass is 10.1. The Labute approximate surface area is 114 Å². The van der Waals surface area contributed by atoms with Crippen molar-refractivity contribution in [1.29, 1.82) is 0 Å². The summed E-state index contributed by atoms with van der Waals surface area (Å²) in [5.41, 5.74) is 5.82. The Morgan fingerprint density at radius 1 is 1.37 bits per heavy atom. The first-order valence-corrected chi connectivity index (χ1v) is 6.11. The predicted octanol–water partition coefficient (Wildman–Crippen LogP) is 3.63. The minimum Gasteiger partial charge on any atom is -0.398 e. The van der Waals surface area contributed by atoms with E-state index in [1.165, 1.54) is 18.2 Å². The summed E-state index contributed by atoms with van der Waals surface area (Å²) < 4.78 is 37.2. The predicted molar refractivity (Wildman–Crippen MR) is 66.4 cm³/mol. The highest BCUT2D eigenvalue weighted by molar-refractivity contribution is 7.14. The van der Waals surface area contributed by atoms with E-state index in [0.29, 0.717) is 5.02 Å². The fraction of sp³-hybridized carbons (Fsp3) is 0.0909. The number of aromatic nitrogens is 1. The summed E-state index contributed by atoms with van der Waals surface area (Å²) in [6.45, 7) is 0. The minimum absolute atomic E-state index is 0.0989. The van der Waals surface area contributed by atoms with Gasteiger partial charge < -0.3 is 5.73 Å². The second-order valence-corrected chi connectivity index (χ2v) is 5.06. The van der Waals surface area contributed by atoms with Crippen LogP contribution in [0.1, 0.15) is 20.2 Å². The minimum atomic E-state index is -4.56. The number of ketones is 1. The second-order valence-electron chi connectivity index (χ2n) is 3.59. The number of halogens is 4. The summed E-state index contributed by atoms with van der Waals surface area (Å²) in [4.78, 5) is 15.1. The third-order valence-corrected chi connectivity index (χ3v) is 3.51. The summed E-state index contributed by atoms with van der Waals surface area (Å²) in [5, 5.41) is -0.724. The van der Waals surface area contributed by atoms with E-state index in [-0.39, 0.29) is 27.5 Å². The first-order valence-electron chi connectivity index (χ1n) is 4.92. The molecule has 2 rings (SSSR count). The van der Waals surface area contributed by atoms with Crippen LogP contribution in [0, 0.1) is 0 Å². The van der Waals surface area contributed by atoms with E-state index in [9.17, 15) is 18.0 Å². The molecule has 0 aliphatic heterocycles. The number of carbonyl (C=O) groups is 1. The summed E-state index contributed by atoms with van der Waals surface area (Å²) >= 11 is 5.96. The molecule has 1 aromatic carbocycles. The number of nitrogens with two attached hydrogens (primary N) is 1. The van der Waals surface area contributed by atoms with E-state index >= 15 is 0 Å². The smallest absolute Gasteiger partial charge is 0.398 e. The average Bonchev–Trinajstić information content (AvgIpc) is 2.76. The summed E-state index contributed by atoms with van der Waals surface area (Å²) in [6, 6.07) is 4.17. The number of hydrogen-bond acceptors (Lipinski definition) is 4. The van der Waals surface area contributed by atoms with E-state index in [4.69, 9.17) is 17.3 Å². The number of rotatable bonds is 2. The van der Waals surface area contributed by atoms with Gasteiger partial charge in [-0.05, 0) is 18.2 Å². The molecule has 0 aliphatic carbocycles. The van der Waals surface area contributed by atoms with Gasteiger partial charge in [-0.1, -0.05) is 11.6 Å². The van der Waals surface area contributed by atoms with Crippen molar-refractivity contribution in [3.63, 3.8) is 0 Å². The van der Waals surface area contributed by atoms with E-state index in [2.05, 4.69) is 4.98 Å². The van der Waals surface area contributed by atoms with Crippen molar-refractivity contribution in [2.45, 2.75) is 6.18 Å². The molecule has 8 heteroatoms. The lowest BCUT2D eigenvalue weighted by Gasteiger charge is -2.03. The molecule has 0 saturated heterocycles. The zero-order valence-corrected chi connectivity index (χ0v) is 10.7. The van der Waals surface area contributed by atoms with Gasteiger partial charge in [-0.15, -0.1) is 11.3 Å². The molecule has 0 radical (unpaired) electrons. The number of thiazole rings is 1. The van der Waals surface area contributed by atoms with Gasteiger partial charge in [-0.25, -0.2) is 4.98 Å². The molecule has 0 bridgehead atoms. The summed E-state index contributed by atoms with van der Waals surface area (Å²) in [7, 11) is 0. The summed E-state index contributed by atoms with van der Waals surface area (Å²) in [6.07, 6.45) is -3.67. The van der Waals surface area contributed by atoms with Gasteiger partial charge in [0.25, 0.3) is 0 Å². The van der Waals surface area contributed by atoms with Crippen LogP contribution in [0.5, 0.6) is 0 Å². The van der Waals surface area contributed by atoms with Gasteiger partial charge in [0.15, 0.2) is 5.01 Å². The number of nitrogen functional groups attached to an aromatic ring is 1. The third-order valence-electron chi connectivity index (χ3n) is 2.23. The molecule has 0 atom stereocenters. The molecule has 2 N–H and O–H groups in total. The lowest BCUT2D eigenvalue weighted by Crippen LogP contribution is -2.04. The van der Waals surface area contributed by atoms with E-state index in [1.54, 1.807) is 0 Å². The molecule has 0 saturated carbocycles. The largest absolute Gasteiger partial charge is 0.443 e.